The van der Waals surface area contributed by atoms with Gasteiger partial charge in [-0.15, -0.1) is 10.2 Å². The van der Waals surface area contributed by atoms with Crippen molar-refractivity contribution in [3.8, 4) is 11.6 Å². The van der Waals surface area contributed by atoms with Crippen LogP contribution in [0.5, 0.6) is 11.6 Å². The molecule has 4 nitrogen and oxygen atoms in total. The van der Waals surface area contributed by atoms with Crippen molar-refractivity contribution in [1.29, 1.82) is 0 Å². The molecule has 0 aliphatic heterocycles. The van der Waals surface area contributed by atoms with Crippen LogP contribution in [0.3, 0.4) is 0 Å². The number of rotatable bonds is 4. The summed E-state index contributed by atoms with van der Waals surface area (Å²) >= 11 is 5.62. The summed E-state index contributed by atoms with van der Waals surface area (Å²) in [7, 11) is 0. The third kappa shape index (κ3) is 3.41. The molecular weight excluding hydrogens is 240 g/mol. The summed E-state index contributed by atoms with van der Waals surface area (Å²) in [6, 6.07) is 10.7. The predicted octanol–water partition coefficient (Wildman–Crippen LogP) is 2.46. The molecule has 0 radical (unpaired) electrons. The first-order chi connectivity index (χ1) is 8.28. The zero-order chi connectivity index (χ0) is 12.1. The topological polar surface area (TPSA) is 55.2 Å². The van der Waals surface area contributed by atoms with Gasteiger partial charge in [-0.1, -0.05) is 23.7 Å². The fraction of sp³-hybridized carbons (Fsp3) is 0.167. The van der Waals surface area contributed by atoms with Gasteiger partial charge in [-0.05, 0) is 30.2 Å². The highest BCUT2D eigenvalue weighted by Crippen LogP contribution is 2.19. The average molecular weight is 251 g/mol. The lowest BCUT2D eigenvalue weighted by atomic mass is 10.1. The number of nitrogens with zero attached hydrogens (tertiary/aromatic N) is 2. The lowest BCUT2D eigenvalue weighted by molar-refractivity contribution is 0.299. The van der Waals surface area contributed by atoms with Crippen LogP contribution >= 0.6 is 11.6 Å². The summed E-state index contributed by atoms with van der Waals surface area (Å²) in [6.07, 6.45) is 0.640. The van der Waals surface area contributed by atoms with Crippen molar-refractivity contribution >= 4 is 11.6 Å². The largest absolute Gasteiger partial charge is 0.438 e. The zero-order valence-electron chi connectivity index (χ0n) is 9.01. The second kappa shape index (κ2) is 5.61. The normalized spacial score (nSPS) is 10.2. The molecule has 17 heavy (non-hydrogen) atoms. The molecule has 0 atom stereocenters. The van der Waals surface area contributed by atoms with Gasteiger partial charge in [-0.2, -0.15) is 0 Å². The smallest absolute Gasteiger partial charge is 0.238 e. The molecular formula is C12H11ClN2O2. The summed E-state index contributed by atoms with van der Waals surface area (Å²) in [5.74, 6) is 1.06. The van der Waals surface area contributed by atoms with Crippen molar-refractivity contribution in [3.05, 3.63) is 47.1 Å². The lowest BCUT2D eigenvalue weighted by Gasteiger charge is -2.04. The van der Waals surface area contributed by atoms with Crippen LogP contribution in [-0.2, 0) is 6.42 Å². The summed E-state index contributed by atoms with van der Waals surface area (Å²) in [5, 5.41) is 16.6. The molecule has 0 aliphatic carbocycles. The van der Waals surface area contributed by atoms with Crippen LogP contribution in [0.4, 0.5) is 0 Å². The molecule has 2 aromatic rings. The number of hydrogen-bond acceptors (Lipinski definition) is 4. The Morgan fingerprint density at radius 3 is 2.41 bits per heavy atom. The molecule has 0 fully saturated rings. The Labute approximate surface area is 104 Å². The molecule has 0 aliphatic rings. The van der Waals surface area contributed by atoms with Crippen molar-refractivity contribution in [2.24, 2.45) is 0 Å². The van der Waals surface area contributed by atoms with Crippen molar-refractivity contribution < 1.29 is 9.84 Å². The first kappa shape index (κ1) is 11.8. The molecule has 88 valence electrons. The van der Waals surface area contributed by atoms with Crippen LogP contribution in [0.1, 0.15) is 5.56 Å². The van der Waals surface area contributed by atoms with Gasteiger partial charge in [0.1, 0.15) is 5.75 Å². The Hall–Kier alpha value is -1.65. The van der Waals surface area contributed by atoms with Gasteiger partial charge in [0.05, 0.1) is 0 Å². The molecule has 1 heterocycles. The summed E-state index contributed by atoms with van der Waals surface area (Å²) in [5.41, 5.74) is 1.06. The van der Waals surface area contributed by atoms with Crippen LogP contribution < -0.4 is 4.74 Å². The molecule has 1 aromatic carbocycles. The standard InChI is InChI=1S/C12H11ClN2O2/c13-11-5-6-12(15-14-11)17-10-3-1-9(2-4-10)7-8-16/h1-6,16H,7-8H2. The minimum Gasteiger partial charge on any atom is -0.438 e. The zero-order valence-corrected chi connectivity index (χ0v) is 9.76. The number of ether oxygens (including phenoxy) is 1. The van der Waals surface area contributed by atoms with Gasteiger partial charge < -0.3 is 9.84 Å². The number of benzene rings is 1. The fourth-order valence-electron chi connectivity index (χ4n) is 1.33. The van der Waals surface area contributed by atoms with Crippen LogP contribution in [0, 0.1) is 0 Å². The average Bonchev–Trinajstić information content (AvgIpc) is 2.35. The first-order valence-electron chi connectivity index (χ1n) is 5.15. The van der Waals surface area contributed by atoms with Gasteiger partial charge >= 0.3 is 0 Å². The van der Waals surface area contributed by atoms with Gasteiger partial charge in [-0.25, -0.2) is 0 Å². The maximum Gasteiger partial charge on any atom is 0.238 e. The van der Waals surface area contributed by atoms with Crippen molar-refractivity contribution in [2.75, 3.05) is 6.61 Å². The SMILES string of the molecule is OCCc1ccc(Oc2ccc(Cl)nn2)cc1. The van der Waals surface area contributed by atoms with E-state index in [9.17, 15) is 0 Å². The molecule has 0 spiro atoms. The molecule has 0 bridgehead atoms. The van der Waals surface area contributed by atoms with E-state index in [1.807, 2.05) is 24.3 Å². The van der Waals surface area contributed by atoms with Gasteiger partial charge in [-0.3, -0.25) is 0 Å². The molecule has 0 unspecified atom stereocenters. The Bertz CT molecular complexity index is 471. The summed E-state index contributed by atoms with van der Waals surface area (Å²) in [6.45, 7) is 0.142. The summed E-state index contributed by atoms with van der Waals surface area (Å²) in [4.78, 5) is 0. The molecule has 0 amide bonds. The van der Waals surface area contributed by atoms with Crippen LogP contribution in [0.25, 0.3) is 0 Å². The van der Waals surface area contributed by atoms with Gasteiger partial charge in [0.25, 0.3) is 0 Å². The molecule has 2 rings (SSSR count). The van der Waals surface area contributed by atoms with Crippen LogP contribution in [0.2, 0.25) is 5.15 Å². The number of aromatic nitrogens is 2. The Balaban J connectivity index is 2.05. The van der Waals surface area contributed by atoms with Gasteiger partial charge in [0.15, 0.2) is 5.15 Å². The highest BCUT2D eigenvalue weighted by atomic mass is 35.5. The van der Waals surface area contributed by atoms with E-state index in [4.69, 9.17) is 21.4 Å². The molecule has 1 aromatic heterocycles. The van der Waals surface area contributed by atoms with Crippen molar-refractivity contribution in [2.45, 2.75) is 6.42 Å². The first-order valence-corrected chi connectivity index (χ1v) is 5.52. The van der Waals surface area contributed by atoms with E-state index < -0.39 is 0 Å². The monoisotopic (exact) mass is 250 g/mol. The van der Waals surface area contributed by atoms with Gasteiger partial charge in [0.2, 0.25) is 5.88 Å². The van der Waals surface area contributed by atoms with E-state index >= 15 is 0 Å². The second-order valence-corrected chi connectivity index (χ2v) is 3.80. The Morgan fingerprint density at radius 2 is 1.82 bits per heavy atom. The number of halogens is 1. The lowest BCUT2D eigenvalue weighted by Crippen LogP contribution is -1.92. The third-order valence-electron chi connectivity index (χ3n) is 2.15. The quantitative estimate of drug-likeness (QED) is 0.906. The van der Waals surface area contributed by atoms with Crippen LogP contribution in [0.15, 0.2) is 36.4 Å². The van der Waals surface area contributed by atoms with E-state index in [-0.39, 0.29) is 6.61 Å². The van der Waals surface area contributed by atoms with Crippen molar-refractivity contribution in [1.82, 2.24) is 10.2 Å². The molecule has 0 saturated heterocycles. The van der Waals surface area contributed by atoms with E-state index in [1.165, 1.54) is 0 Å². The third-order valence-corrected chi connectivity index (χ3v) is 2.36. The Morgan fingerprint density at radius 1 is 1.06 bits per heavy atom. The fourth-order valence-corrected chi connectivity index (χ4v) is 1.43. The van der Waals surface area contributed by atoms with Gasteiger partial charge in [0, 0.05) is 12.7 Å². The minimum absolute atomic E-state index is 0.142. The second-order valence-electron chi connectivity index (χ2n) is 3.41. The summed E-state index contributed by atoms with van der Waals surface area (Å²) < 4.78 is 5.47. The molecule has 5 heteroatoms. The van der Waals surface area contributed by atoms with Crippen LogP contribution in [-0.4, -0.2) is 21.9 Å². The highest BCUT2D eigenvalue weighted by Gasteiger charge is 2.00. The number of hydrogen-bond donors (Lipinski definition) is 1. The molecule has 0 saturated carbocycles. The number of aliphatic hydroxyl groups excluding tert-OH is 1. The maximum absolute atomic E-state index is 8.79. The maximum atomic E-state index is 8.79. The van der Waals surface area contributed by atoms with E-state index in [2.05, 4.69) is 10.2 Å². The van der Waals surface area contributed by atoms with Crippen molar-refractivity contribution in [3.63, 3.8) is 0 Å². The van der Waals surface area contributed by atoms with E-state index in [0.717, 1.165) is 5.56 Å². The molecule has 1 N–H and O–H groups in total. The Kier molecular flexibility index (Phi) is 3.90. The highest BCUT2D eigenvalue weighted by molar-refractivity contribution is 6.29. The van der Waals surface area contributed by atoms with E-state index in [0.29, 0.717) is 23.2 Å². The predicted molar refractivity (Wildman–Crippen MR) is 64.3 cm³/mol. The number of aliphatic hydroxyl groups is 1. The van der Waals surface area contributed by atoms with E-state index in [1.54, 1.807) is 12.1 Å². The minimum atomic E-state index is 0.142.